The van der Waals surface area contributed by atoms with E-state index in [9.17, 15) is 39.9 Å². The van der Waals surface area contributed by atoms with Gasteiger partial charge in [-0.25, -0.2) is 0 Å². The van der Waals surface area contributed by atoms with Gasteiger partial charge in [-0.15, -0.1) is 0 Å². The van der Waals surface area contributed by atoms with Gasteiger partial charge in [0.05, 0.1) is 23.7 Å². The number of aliphatic hydroxyl groups excluding tert-OH is 3. The third-order valence-corrected chi connectivity index (χ3v) is 11.4. The fourth-order valence-electron chi connectivity index (χ4n) is 9.47. The van der Waals surface area contributed by atoms with Crippen LogP contribution in [0.5, 0.6) is 5.75 Å². The summed E-state index contributed by atoms with van der Waals surface area (Å²) < 4.78 is 0. The Balaban J connectivity index is 1.73. The van der Waals surface area contributed by atoms with Gasteiger partial charge in [-0.2, -0.15) is 0 Å². The Bertz CT molecular complexity index is 1250. The van der Waals surface area contributed by atoms with Gasteiger partial charge in [0.25, 0.3) is 0 Å². The van der Waals surface area contributed by atoms with Crippen LogP contribution in [0.3, 0.4) is 0 Å². The lowest BCUT2D eigenvalue weighted by atomic mass is 9.36. The van der Waals surface area contributed by atoms with Crippen molar-refractivity contribution in [3.05, 3.63) is 29.3 Å². The molecule has 1 aromatic carbocycles. The molecule has 41 heavy (non-hydrogen) atoms. The highest BCUT2D eigenvalue weighted by Crippen LogP contribution is 2.68. The molecule has 10 nitrogen and oxygen atoms in total. The lowest BCUT2D eigenvalue weighted by Crippen LogP contribution is -2.84. The second kappa shape index (κ2) is 10.1. The van der Waals surface area contributed by atoms with E-state index in [1.54, 1.807) is 32.9 Å². The molecule has 0 aliphatic heterocycles. The number of phenolic OH excluding ortho intramolecular Hbond substituents is 1. The van der Waals surface area contributed by atoms with Gasteiger partial charge in [0.15, 0.2) is 17.2 Å². The zero-order valence-electron chi connectivity index (χ0n) is 24.2. The Morgan fingerprint density at radius 1 is 1.10 bits per heavy atom. The quantitative estimate of drug-likeness (QED) is 0.252. The van der Waals surface area contributed by atoms with Crippen LogP contribution < -0.4 is 11.1 Å². The highest BCUT2D eigenvalue weighted by atomic mass is 16.4. The number of nitrogens with one attached hydrogen (secondary N) is 1. The average Bonchev–Trinajstić information content (AvgIpc) is 2.90. The minimum Gasteiger partial charge on any atom is -0.507 e. The van der Waals surface area contributed by atoms with Crippen LogP contribution in [0.15, 0.2) is 18.2 Å². The summed E-state index contributed by atoms with van der Waals surface area (Å²) in [7, 11) is 0. The van der Waals surface area contributed by atoms with Crippen LogP contribution in [-0.4, -0.2) is 79.5 Å². The largest absolute Gasteiger partial charge is 0.507 e. The van der Waals surface area contributed by atoms with E-state index in [-0.39, 0.29) is 17.4 Å². The van der Waals surface area contributed by atoms with E-state index in [1.165, 1.54) is 13.0 Å². The number of hydrogen-bond donors (Lipinski definition) is 7. The lowest BCUT2D eigenvalue weighted by Gasteiger charge is -2.69. The normalized spacial score (nSPS) is 42.9. The van der Waals surface area contributed by atoms with Crippen molar-refractivity contribution in [3.8, 4) is 5.75 Å². The highest BCUT2D eigenvalue weighted by molar-refractivity contribution is 6.09. The third-order valence-electron chi connectivity index (χ3n) is 11.4. The monoisotopic (exact) mass is 572 g/mol. The van der Waals surface area contributed by atoms with E-state index in [1.807, 2.05) is 0 Å². The first-order valence-electron chi connectivity index (χ1n) is 14.9. The van der Waals surface area contributed by atoms with Gasteiger partial charge in [0, 0.05) is 29.3 Å². The molecule has 226 valence electrons. The summed E-state index contributed by atoms with van der Waals surface area (Å²) in [5, 5.41) is 62.7. The Morgan fingerprint density at radius 2 is 1.73 bits per heavy atom. The highest BCUT2D eigenvalue weighted by Gasteiger charge is 2.80. The van der Waals surface area contributed by atoms with Crippen molar-refractivity contribution in [2.24, 2.45) is 40.2 Å². The standard InChI is InChI=1S/C31H44N2O8/c1-14(2)21-24(36)20(27(32)39)25(37)31(41)26(38)22-23(35)19-16(11-8-12-18(19)34)17(13-33-15-9-6-5-7-10-15)29(22,3)28(40)30(21,31)4/h8,11-12,14-15,17,20-22,24,26,28,33-34,36,38,40-41H,5-7,9-10,13H2,1-4H3,(H2,32,39)/t17-,20-,21+,22-,24?,26?,28-,29+,30+,31+/m1/s1. The van der Waals surface area contributed by atoms with Crippen molar-refractivity contribution in [2.75, 3.05) is 6.54 Å². The molecule has 0 radical (unpaired) electrons. The van der Waals surface area contributed by atoms with Crippen LogP contribution in [0.1, 0.15) is 81.6 Å². The fraction of sp³-hybridized carbons (Fsp3) is 0.710. The Morgan fingerprint density at radius 3 is 2.32 bits per heavy atom. The summed E-state index contributed by atoms with van der Waals surface area (Å²) in [6.45, 7) is 6.93. The van der Waals surface area contributed by atoms with E-state index >= 15 is 0 Å². The lowest BCUT2D eigenvalue weighted by molar-refractivity contribution is -0.307. The molecule has 0 saturated heterocycles. The van der Waals surface area contributed by atoms with Gasteiger partial charge in [-0.3, -0.25) is 14.4 Å². The van der Waals surface area contributed by atoms with Crippen molar-refractivity contribution in [1.82, 2.24) is 5.32 Å². The summed E-state index contributed by atoms with van der Waals surface area (Å²) in [5.41, 5.74) is -0.0680. The number of amides is 1. The second-order valence-corrected chi connectivity index (χ2v) is 13.6. The molecule has 10 atom stereocenters. The van der Waals surface area contributed by atoms with Crippen LogP contribution in [0, 0.1) is 34.5 Å². The third kappa shape index (κ3) is 3.83. The minimum atomic E-state index is -2.79. The van der Waals surface area contributed by atoms with E-state index in [4.69, 9.17) is 5.73 Å². The van der Waals surface area contributed by atoms with Crippen molar-refractivity contribution in [3.63, 3.8) is 0 Å². The maximum absolute atomic E-state index is 14.2. The van der Waals surface area contributed by atoms with Crippen LogP contribution in [0.4, 0.5) is 0 Å². The predicted octanol–water partition coefficient (Wildman–Crippen LogP) is 1.01. The number of fused-ring (bicyclic) bond motifs is 3. The summed E-state index contributed by atoms with van der Waals surface area (Å²) in [6, 6.07) is 4.95. The Hall–Kier alpha value is -2.37. The molecule has 0 aromatic heterocycles. The van der Waals surface area contributed by atoms with Crippen molar-refractivity contribution in [1.29, 1.82) is 0 Å². The van der Waals surface area contributed by atoms with Gasteiger partial charge in [-0.1, -0.05) is 59.1 Å². The first-order chi connectivity index (χ1) is 19.2. The summed E-state index contributed by atoms with van der Waals surface area (Å²) in [4.78, 5) is 40.5. The number of primary amides is 1. The summed E-state index contributed by atoms with van der Waals surface area (Å²) >= 11 is 0. The SMILES string of the molecule is CC(C)[C@H]1C(O)[C@@H](C(N)=O)C(=O)[C@]2(O)C(O)[C@H]3C(=O)c4c(O)cccc4[C@@H](CNC4CCCCC4)[C@]3(C)[C@@H](O)[C@]12C. The van der Waals surface area contributed by atoms with Gasteiger partial charge in [0.2, 0.25) is 5.91 Å². The molecule has 1 amide bonds. The van der Waals surface area contributed by atoms with Gasteiger partial charge >= 0.3 is 0 Å². The Kier molecular flexibility index (Phi) is 7.43. The number of hydrogen-bond acceptors (Lipinski definition) is 9. The number of ketones is 2. The fourth-order valence-corrected chi connectivity index (χ4v) is 9.47. The first-order valence-corrected chi connectivity index (χ1v) is 14.9. The second-order valence-electron chi connectivity index (χ2n) is 13.6. The smallest absolute Gasteiger partial charge is 0.230 e. The van der Waals surface area contributed by atoms with E-state index in [0.717, 1.165) is 32.1 Å². The summed E-state index contributed by atoms with van der Waals surface area (Å²) in [5.74, 6) is -8.83. The number of nitrogens with two attached hydrogens (primary N) is 1. The molecule has 4 aliphatic carbocycles. The average molecular weight is 573 g/mol. The number of Topliss-reactive ketones (excluding diaryl/α,β-unsaturated/α-hetero) is 2. The molecule has 5 rings (SSSR count). The molecule has 10 heteroatoms. The van der Waals surface area contributed by atoms with E-state index in [2.05, 4.69) is 5.32 Å². The molecule has 4 aliphatic rings. The molecular weight excluding hydrogens is 528 g/mol. The number of aromatic hydroxyl groups is 1. The first kappa shape index (κ1) is 30.1. The Labute approximate surface area is 240 Å². The molecule has 2 unspecified atom stereocenters. The maximum Gasteiger partial charge on any atom is 0.230 e. The van der Waals surface area contributed by atoms with Crippen molar-refractivity contribution in [2.45, 2.75) is 95.7 Å². The molecule has 8 N–H and O–H groups in total. The maximum atomic E-state index is 14.2. The predicted molar refractivity (Wildman–Crippen MR) is 149 cm³/mol. The topological polar surface area (TPSA) is 190 Å². The van der Waals surface area contributed by atoms with E-state index < -0.39 is 81.8 Å². The van der Waals surface area contributed by atoms with Gasteiger partial charge in [0.1, 0.15) is 17.8 Å². The van der Waals surface area contributed by atoms with E-state index in [0.29, 0.717) is 12.1 Å². The van der Waals surface area contributed by atoms with Crippen LogP contribution >= 0.6 is 0 Å². The molecule has 0 heterocycles. The zero-order chi connectivity index (χ0) is 30.2. The number of rotatable bonds is 5. The van der Waals surface area contributed by atoms with Gasteiger partial charge < -0.3 is 36.6 Å². The van der Waals surface area contributed by atoms with Crippen LogP contribution in [-0.2, 0) is 9.59 Å². The molecule has 0 spiro atoms. The molecular formula is C31H44N2O8. The zero-order valence-corrected chi connectivity index (χ0v) is 24.2. The molecule has 0 bridgehead atoms. The molecule has 3 fully saturated rings. The van der Waals surface area contributed by atoms with Crippen molar-refractivity contribution < 1.29 is 39.9 Å². The molecule has 1 aromatic rings. The minimum absolute atomic E-state index is 0.0148. The number of benzene rings is 1. The number of phenols is 1. The number of carbonyl (C=O) groups is 3. The summed E-state index contributed by atoms with van der Waals surface area (Å²) in [6.07, 6.45) is 0.0171. The van der Waals surface area contributed by atoms with Crippen molar-refractivity contribution >= 4 is 17.5 Å². The van der Waals surface area contributed by atoms with Crippen LogP contribution in [0.25, 0.3) is 0 Å². The molecule has 3 saturated carbocycles. The van der Waals surface area contributed by atoms with Crippen LogP contribution in [0.2, 0.25) is 0 Å². The van der Waals surface area contributed by atoms with Gasteiger partial charge in [-0.05, 0) is 36.3 Å². The number of aliphatic hydroxyl groups is 4. The number of carbonyl (C=O) groups excluding carboxylic acids is 3.